The summed E-state index contributed by atoms with van der Waals surface area (Å²) in [6.45, 7) is 0. The number of benzene rings is 1. The number of hydrogen-bond donors (Lipinski definition) is 2. The smallest absolute Gasteiger partial charge is 0.314 e. The minimum atomic E-state index is -1.01. The van der Waals surface area contributed by atoms with Gasteiger partial charge in [0.1, 0.15) is 0 Å². The van der Waals surface area contributed by atoms with Gasteiger partial charge in [-0.25, -0.2) is 0 Å². The van der Waals surface area contributed by atoms with Gasteiger partial charge in [0.2, 0.25) is 0 Å². The van der Waals surface area contributed by atoms with E-state index in [1.54, 1.807) is 12.1 Å². The molecule has 2 rings (SSSR count). The second-order valence-electron chi connectivity index (χ2n) is 4.07. The zero-order valence-corrected chi connectivity index (χ0v) is 11.7. The summed E-state index contributed by atoms with van der Waals surface area (Å²) >= 11 is 5.83. The summed E-state index contributed by atoms with van der Waals surface area (Å²) in [5, 5.41) is 15.3. The van der Waals surface area contributed by atoms with Gasteiger partial charge in [0.15, 0.2) is 0 Å². The standard InChI is InChI=1S/C13H9ClN4O4/c14-10-4-3-9(18(21)22)6-11(10)17-13(20)12(19)16-8-2-1-5-15-7-8/h1-7H,(H,16,19)(H,17,20). The molecule has 0 saturated carbocycles. The molecule has 112 valence electrons. The molecule has 8 nitrogen and oxygen atoms in total. The third-order valence-electron chi connectivity index (χ3n) is 2.53. The average molecular weight is 321 g/mol. The van der Waals surface area contributed by atoms with Crippen LogP contribution in [0.3, 0.4) is 0 Å². The number of aromatic nitrogens is 1. The number of hydrogen-bond acceptors (Lipinski definition) is 5. The van der Waals surface area contributed by atoms with Crippen LogP contribution in [0.25, 0.3) is 0 Å². The zero-order chi connectivity index (χ0) is 16.1. The number of non-ortho nitro benzene ring substituents is 1. The Bertz CT molecular complexity index is 736. The van der Waals surface area contributed by atoms with Crippen LogP contribution < -0.4 is 10.6 Å². The summed E-state index contributed by atoms with van der Waals surface area (Å²) in [6, 6.07) is 6.66. The Hall–Kier alpha value is -3.00. The minimum Gasteiger partial charge on any atom is -0.316 e. The van der Waals surface area contributed by atoms with Gasteiger partial charge < -0.3 is 10.6 Å². The van der Waals surface area contributed by atoms with Gasteiger partial charge in [-0.05, 0) is 18.2 Å². The van der Waals surface area contributed by atoms with E-state index in [9.17, 15) is 19.7 Å². The second-order valence-corrected chi connectivity index (χ2v) is 4.48. The van der Waals surface area contributed by atoms with Crippen LogP contribution in [0.5, 0.6) is 0 Å². The third-order valence-corrected chi connectivity index (χ3v) is 2.86. The summed E-state index contributed by atoms with van der Waals surface area (Å²) in [5.74, 6) is -1.96. The van der Waals surface area contributed by atoms with E-state index in [-0.39, 0.29) is 16.4 Å². The van der Waals surface area contributed by atoms with Crippen LogP contribution in [0.4, 0.5) is 17.1 Å². The van der Waals surface area contributed by atoms with Crippen LogP contribution in [0.2, 0.25) is 5.02 Å². The van der Waals surface area contributed by atoms with Gasteiger partial charge in [0, 0.05) is 18.3 Å². The monoisotopic (exact) mass is 320 g/mol. The number of rotatable bonds is 3. The van der Waals surface area contributed by atoms with Crippen molar-refractivity contribution in [3.05, 3.63) is 57.9 Å². The number of nitro benzene ring substituents is 1. The van der Waals surface area contributed by atoms with Gasteiger partial charge in [-0.1, -0.05) is 11.6 Å². The number of nitrogens with one attached hydrogen (secondary N) is 2. The lowest BCUT2D eigenvalue weighted by molar-refractivity contribution is -0.384. The summed E-state index contributed by atoms with van der Waals surface area (Å²) in [5.41, 5.74) is 0.0577. The molecule has 2 N–H and O–H groups in total. The second kappa shape index (κ2) is 6.64. The normalized spacial score (nSPS) is 9.86. The molecule has 0 aliphatic heterocycles. The summed E-state index contributed by atoms with van der Waals surface area (Å²) < 4.78 is 0. The molecule has 0 atom stereocenters. The quantitative estimate of drug-likeness (QED) is 0.511. The SMILES string of the molecule is O=C(Nc1cccnc1)C(=O)Nc1cc([N+](=O)[O-])ccc1Cl. The molecule has 1 aromatic carbocycles. The van der Waals surface area contributed by atoms with Crippen LogP contribution in [-0.2, 0) is 9.59 Å². The Kier molecular flexibility index (Phi) is 4.64. The molecule has 0 fully saturated rings. The first-order valence-corrected chi connectivity index (χ1v) is 6.31. The number of carbonyl (C=O) groups is 2. The molecule has 0 bridgehead atoms. The molecule has 2 aromatic rings. The van der Waals surface area contributed by atoms with Crippen LogP contribution in [0.1, 0.15) is 0 Å². The summed E-state index contributed by atoms with van der Waals surface area (Å²) in [7, 11) is 0. The molecule has 1 aromatic heterocycles. The van der Waals surface area contributed by atoms with Crippen molar-refractivity contribution in [2.24, 2.45) is 0 Å². The predicted octanol–water partition coefficient (Wildman–Crippen LogP) is 2.22. The topological polar surface area (TPSA) is 114 Å². The number of nitrogens with zero attached hydrogens (tertiary/aromatic N) is 2. The molecule has 0 unspecified atom stereocenters. The van der Waals surface area contributed by atoms with Crippen LogP contribution in [-0.4, -0.2) is 21.7 Å². The van der Waals surface area contributed by atoms with Crippen molar-refractivity contribution in [2.75, 3.05) is 10.6 Å². The Morgan fingerprint density at radius 2 is 1.91 bits per heavy atom. The lowest BCUT2D eigenvalue weighted by Gasteiger charge is -2.07. The fraction of sp³-hybridized carbons (Fsp3) is 0. The minimum absolute atomic E-state index is 0.0257. The van der Waals surface area contributed by atoms with Gasteiger partial charge in [-0.2, -0.15) is 0 Å². The van der Waals surface area contributed by atoms with E-state index in [0.717, 1.165) is 6.07 Å². The molecule has 0 radical (unpaired) electrons. The van der Waals surface area contributed by atoms with Crippen molar-refractivity contribution in [2.45, 2.75) is 0 Å². The maximum atomic E-state index is 11.8. The van der Waals surface area contributed by atoms with E-state index in [2.05, 4.69) is 15.6 Å². The Labute approximate surface area is 129 Å². The van der Waals surface area contributed by atoms with Crippen LogP contribution in [0.15, 0.2) is 42.7 Å². The molecule has 9 heteroatoms. The number of amides is 2. The van der Waals surface area contributed by atoms with Crippen molar-refractivity contribution in [1.82, 2.24) is 4.98 Å². The highest BCUT2D eigenvalue weighted by molar-refractivity contribution is 6.44. The van der Waals surface area contributed by atoms with Gasteiger partial charge in [0.05, 0.1) is 27.5 Å². The highest BCUT2D eigenvalue weighted by Gasteiger charge is 2.17. The first-order chi connectivity index (χ1) is 10.5. The number of carbonyl (C=O) groups excluding carboxylic acids is 2. The molecule has 22 heavy (non-hydrogen) atoms. The van der Waals surface area contributed by atoms with Crippen molar-refractivity contribution in [1.29, 1.82) is 0 Å². The van der Waals surface area contributed by atoms with Gasteiger partial charge in [-0.3, -0.25) is 24.7 Å². The molecule has 0 aliphatic carbocycles. The van der Waals surface area contributed by atoms with E-state index in [1.807, 2.05) is 0 Å². The van der Waals surface area contributed by atoms with Crippen molar-refractivity contribution in [3.8, 4) is 0 Å². The maximum Gasteiger partial charge on any atom is 0.314 e. The van der Waals surface area contributed by atoms with Crippen molar-refractivity contribution in [3.63, 3.8) is 0 Å². The molecular weight excluding hydrogens is 312 g/mol. The zero-order valence-electron chi connectivity index (χ0n) is 10.9. The molecule has 0 saturated heterocycles. The Morgan fingerprint density at radius 3 is 2.55 bits per heavy atom. The number of pyridine rings is 1. The molecular formula is C13H9ClN4O4. The predicted molar refractivity (Wildman–Crippen MR) is 79.6 cm³/mol. The van der Waals surface area contributed by atoms with Gasteiger partial charge in [-0.15, -0.1) is 0 Å². The lowest BCUT2D eigenvalue weighted by atomic mass is 10.2. The van der Waals surface area contributed by atoms with E-state index >= 15 is 0 Å². The van der Waals surface area contributed by atoms with E-state index < -0.39 is 16.7 Å². The van der Waals surface area contributed by atoms with Crippen LogP contribution in [0, 0.1) is 10.1 Å². The number of halogens is 1. The largest absolute Gasteiger partial charge is 0.316 e. The molecule has 2 amide bonds. The highest BCUT2D eigenvalue weighted by Crippen LogP contribution is 2.26. The first-order valence-electron chi connectivity index (χ1n) is 5.93. The Balaban J connectivity index is 2.10. The molecule has 0 spiro atoms. The lowest BCUT2D eigenvalue weighted by Crippen LogP contribution is -2.29. The van der Waals surface area contributed by atoms with Crippen molar-refractivity contribution >= 4 is 40.5 Å². The number of anilines is 2. The molecule has 0 aliphatic rings. The fourth-order valence-electron chi connectivity index (χ4n) is 1.53. The van der Waals surface area contributed by atoms with Crippen molar-refractivity contribution < 1.29 is 14.5 Å². The molecule has 1 heterocycles. The van der Waals surface area contributed by atoms with E-state index in [1.165, 1.54) is 24.5 Å². The average Bonchev–Trinajstić information content (AvgIpc) is 2.50. The summed E-state index contributed by atoms with van der Waals surface area (Å²) in [6.07, 6.45) is 2.88. The first kappa shape index (κ1) is 15.4. The third kappa shape index (κ3) is 3.76. The maximum absolute atomic E-state index is 11.8. The highest BCUT2D eigenvalue weighted by atomic mass is 35.5. The fourth-order valence-corrected chi connectivity index (χ4v) is 1.69. The number of nitro groups is 1. The van der Waals surface area contributed by atoms with Crippen LogP contribution >= 0.6 is 11.6 Å². The van der Waals surface area contributed by atoms with E-state index in [4.69, 9.17) is 11.6 Å². The van der Waals surface area contributed by atoms with Gasteiger partial charge >= 0.3 is 11.8 Å². The Morgan fingerprint density at radius 1 is 1.18 bits per heavy atom. The summed E-state index contributed by atoms with van der Waals surface area (Å²) in [4.78, 5) is 37.3. The van der Waals surface area contributed by atoms with Gasteiger partial charge in [0.25, 0.3) is 5.69 Å². The van der Waals surface area contributed by atoms with E-state index in [0.29, 0.717) is 5.69 Å².